The summed E-state index contributed by atoms with van der Waals surface area (Å²) in [5.41, 5.74) is 0. The summed E-state index contributed by atoms with van der Waals surface area (Å²) >= 11 is 11.8. The van der Waals surface area contributed by atoms with Crippen molar-refractivity contribution in [1.82, 2.24) is 15.4 Å². The van der Waals surface area contributed by atoms with Crippen LogP contribution >= 0.6 is 23.2 Å². The molecule has 0 radical (unpaired) electrons. The van der Waals surface area contributed by atoms with Crippen molar-refractivity contribution in [2.75, 3.05) is 13.2 Å². The minimum atomic E-state index is -4.04. The molecule has 0 aromatic heterocycles. The van der Waals surface area contributed by atoms with E-state index in [0.29, 0.717) is 5.92 Å². The smallest absolute Gasteiger partial charge is 0.321 e. The highest BCUT2D eigenvalue weighted by atomic mass is 35.5. The topological polar surface area (TPSA) is 131 Å². The first-order chi connectivity index (χ1) is 14.6. The molecule has 0 saturated heterocycles. The predicted molar refractivity (Wildman–Crippen MR) is 115 cm³/mol. The molecule has 1 aliphatic carbocycles. The first-order valence-corrected chi connectivity index (χ1v) is 12.0. The van der Waals surface area contributed by atoms with E-state index in [1.54, 1.807) is 0 Å². The Hall–Kier alpha value is -1.88. The fraction of sp³-hybridized carbons (Fsp3) is 0.526. The van der Waals surface area contributed by atoms with Crippen LogP contribution in [-0.4, -0.2) is 45.5 Å². The molecule has 1 fully saturated rings. The van der Waals surface area contributed by atoms with Crippen LogP contribution in [0.2, 0.25) is 10.0 Å². The number of rotatable bonds is 8. The Balaban J connectivity index is 1.70. The maximum atomic E-state index is 12.3. The number of benzene rings is 1. The van der Waals surface area contributed by atoms with E-state index in [-0.39, 0.29) is 33.9 Å². The monoisotopic (exact) mass is 493 g/mol. The quantitative estimate of drug-likeness (QED) is 0.477. The lowest BCUT2D eigenvalue weighted by Crippen LogP contribution is -2.48. The number of sulfonamides is 1. The molecule has 2 atom stereocenters. The van der Waals surface area contributed by atoms with Gasteiger partial charge < -0.3 is 10.1 Å². The molecule has 0 bridgehead atoms. The Kier molecular flexibility index (Phi) is 9.54. The van der Waals surface area contributed by atoms with Gasteiger partial charge in [-0.3, -0.25) is 14.9 Å². The van der Waals surface area contributed by atoms with Gasteiger partial charge in [0.2, 0.25) is 10.0 Å². The minimum absolute atomic E-state index is 0.00347. The molecule has 0 aliphatic heterocycles. The Bertz CT molecular complexity index is 905. The van der Waals surface area contributed by atoms with E-state index in [1.807, 2.05) is 6.92 Å². The van der Waals surface area contributed by atoms with Crippen molar-refractivity contribution in [3.63, 3.8) is 0 Å². The van der Waals surface area contributed by atoms with Gasteiger partial charge in [-0.25, -0.2) is 17.9 Å². The minimum Gasteiger partial charge on any atom is -0.456 e. The van der Waals surface area contributed by atoms with E-state index in [4.69, 9.17) is 27.9 Å². The van der Waals surface area contributed by atoms with Crippen molar-refractivity contribution in [1.29, 1.82) is 0 Å². The number of hydrogen-bond donors (Lipinski definition) is 3. The summed E-state index contributed by atoms with van der Waals surface area (Å²) in [7, 11) is -4.04. The number of amides is 3. The SMILES string of the molecule is CC1CCCCC1NC(=O)NC(=O)COC(=O)CCNS(=O)(=O)c1c(Cl)cccc1Cl. The molecule has 1 aromatic rings. The van der Waals surface area contributed by atoms with Crippen LogP contribution in [0.1, 0.15) is 39.0 Å². The van der Waals surface area contributed by atoms with E-state index in [2.05, 4.69) is 15.4 Å². The molecule has 2 unspecified atom stereocenters. The number of nitrogens with one attached hydrogen (secondary N) is 3. The van der Waals surface area contributed by atoms with Crippen molar-refractivity contribution in [2.24, 2.45) is 5.92 Å². The Morgan fingerprint density at radius 3 is 2.42 bits per heavy atom. The van der Waals surface area contributed by atoms with Crippen molar-refractivity contribution >= 4 is 51.1 Å². The summed E-state index contributed by atoms with van der Waals surface area (Å²) < 4.78 is 31.5. The number of hydrogen-bond acceptors (Lipinski definition) is 6. The molecule has 2 rings (SSSR count). The number of carbonyl (C=O) groups excluding carboxylic acids is 3. The van der Waals surface area contributed by atoms with Crippen LogP contribution in [0.15, 0.2) is 23.1 Å². The zero-order valence-electron chi connectivity index (χ0n) is 17.0. The molecular formula is C19H25Cl2N3O6S. The molecule has 1 aliphatic rings. The van der Waals surface area contributed by atoms with Gasteiger partial charge in [0, 0.05) is 12.6 Å². The summed E-state index contributed by atoms with van der Waals surface area (Å²) in [6, 6.07) is 3.62. The van der Waals surface area contributed by atoms with Crippen LogP contribution in [0.3, 0.4) is 0 Å². The lowest BCUT2D eigenvalue weighted by molar-refractivity contribution is -0.148. The highest BCUT2D eigenvalue weighted by Crippen LogP contribution is 2.28. The molecule has 3 N–H and O–H groups in total. The van der Waals surface area contributed by atoms with Crippen LogP contribution in [0.4, 0.5) is 4.79 Å². The second-order valence-corrected chi connectivity index (χ2v) is 9.77. The normalized spacial score (nSPS) is 18.8. The van der Waals surface area contributed by atoms with Crippen LogP contribution in [0, 0.1) is 5.92 Å². The fourth-order valence-electron chi connectivity index (χ4n) is 3.21. The van der Waals surface area contributed by atoms with Gasteiger partial charge in [0.1, 0.15) is 4.90 Å². The predicted octanol–water partition coefficient (Wildman–Crippen LogP) is 2.61. The molecule has 3 amide bonds. The second kappa shape index (κ2) is 11.7. The van der Waals surface area contributed by atoms with Crippen molar-refractivity contribution in [2.45, 2.75) is 50.0 Å². The zero-order chi connectivity index (χ0) is 23.0. The first kappa shape index (κ1) is 25.4. The molecule has 1 aromatic carbocycles. The summed E-state index contributed by atoms with van der Waals surface area (Å²) in [5, 5.41) is 4.75. The van der Waals surface area contributed by atoms with Crippen LogP contribution in [0.25, 0.3) is 0 Å². The molecular weight excluding hydrogens is 469 g/mol. The first-order valence-electron chi connectivity index (χ1n) is 9.80. The van der Waals surface area contributed by atoms with E-state index in [1.165, 1.54) is 18.2 Å². The lowest BCUT2D eigenvalue weighted by atomic mass is 9.86. The number of carbonyl (C=O) groups is 3. The third-order valence-electron chi connectivity index (χ3n) is 4.85. The maximum Gasteiger partial charge on any atom is 0.321 e. The molecule has 31 heavy (non-hydrogen) atoms. The molecule has 12 heteroatoms. The number of imide groups is 1. The van der Waals surface area contributed by atoms with Crippen LogP contribution in [0.5, 0.6) is 0 Å². The van der Waals surface area contributed by atoms with E-state index in [9.17, 15) is 22.8 Å². The second-order valence-electron chi connectivity index (χ2n) is 7.25. The van der Waals surface area contributed by atoms with Gasteiger partial charge in [-0.1, -0.05) is 49.0 Å². The zero-order valence-corrected chi connectivity index (χ0v) is 19.3. The standard InChI is InChI=1S/C19H25Cl2N3O6S/c1-12-5-2-3-8-15(12)23-19(27)24-16(25)11-30-17(26)9-10-22-31(28,29)18-13(20)6-4-7-14(18)21/h4,6-7,12,15,22H,2-3,5,8-11H2,1H3,(H2,23,24,25,27). The number of urea groups is 1. The molecule has 1 saturated carbocycles. The molecule has 0 spiro atoms. The van der Waals surface area contributed by atoms with Gasteiger partial charge in [0.05, 0.1) is 16.5 Å². The molecule has 172 valence electrons. The van der Waals surface area contributed by atoms with Gasteiger partial charge in [-0.15, -0.1) is 0 Å². The summed E-state index contributed by atoms with van der Waals surface area (Å²) in [6.07, 6.45) is 3.68. The third kappa shape index (κ3) is 7.95. The highest BCUT2D eigenvalue weighted by Gasteiger charge is 2.24. The largest absolute Gasteiger partial charge is 0.456 e. The Morgan fingerprint density at radius 1 is 1.13 bits per heavy atom. The van der Waals surface area contributed by atoms with Gasteiger partial charge in [-0.2, -0.15) is 0 Å². The van der Waals surface area contributed by atoms with E-state index >= 15 is 0 Å². The van der Waals surface area contributed by atoms with Crippen LogP contribution < -0.4 is 15.4 Å². The van der Waals surface area contributed by atoms with E-state index < -0.39 is 34.5 Å². The van der Waals surface area contributed by atoms with Crippen LogP contribution in [-0.2, 0) is 24.3 Å². The lowest BCUT2D eigenvalue weighted by Gasteiger charge is -2.29. The number of halogens is 2. The maximum absolute atomic E-state index is 12.3. The fourth-order valence-corrected chi connectivity index (χ4v) is 5.39. The highest BCUT2D eigenvalue weighted by molar-refractivity contribution is 7.89. The Morgan fingerprint density at radius 2 is 1.77 bits per heavy atom. The van der Waals surface area contributed by atoms with Crippen molar-refractivity contribution < 1.29 is 27.5 Å². The Labute approximate surface area is 191 Å². The summed E-state index contributed by atoms with van der Waals surface area (Å²) in [4.78, 5) is 35.2. The average Bonchev–Trinajstić information content (AvgIpc) is 2.67. The number of ether oxygens (including phenoxy) is 1. The van der Waals surface area contributed by atoms with Crippen molar-refractivity contribution in [3.05, 3.63) is 28.2 Å². The average molecular weight is 494 g/mol. The summed E-state index contributed by atoms with van der Waals surface area (Å²) in [6.45, 7) is 1.10. The third-order valence-corrected chi connectivity index (χ3v) is 7.27. The number of esters is 1. The van der Waals surface area contributed by atoms with Gasteiger partial charge in [-0.05, 0) is 30.9 Å². The van der Waals surface area contributed by atoms with Gasteiger partial charge in [0.25, 0.3) is 5.91 Å². The van der Waals surface area contributed by atoms with E-state index in [0.717, 1.165) is 25.7 Å². The summed E-state index contributed by atoms with van der Waals surface area (Å²) in [5.74, 6) is -1.26. The van der Waals surface area contributed by atoms with Crippen molar-refractivity contribution in [3.8, 4) is 0 Å². The van der Waals surface area contributed by atoms with Gasteiger partial charge >= 0.3 is 12.0 Å². The molecule has 9 nitrogen and oxygen atoms in total. The molecule has 0 heterocycles. The van der Waals surface area contributed by atoms with Gasteiger partial charge in [0.15, 0.2) is 6.61 Å².